The van der Waals surface area contributed by atoms with Crippen LogP contribution in [0.3, 0.4) is 0 Å². The molecule has 0 spiro atoms. The van der Waals surface area contributed by atoms with E-state index in [2.05, 4.69) is 13.8 Å². The molecule has 3 N–H and O–H groups in total. The largest absolute Gasteiger partial charge is 0.481 e. The van der Waals surface area contributed by atoms with Gasteiger partial charge in [-0.25, -0.2) is 0 Å². The average molecular weight is 237 g/mol. The first-order valence-corrected chi connectivity index (χ1v) is 6.85. The van der Waals surface area contributed by atoms with Crippen molar-refractivity contribution in [3.05, 3.63) is 0 Å². The first kappa shape index (κ1) is 11.5. The Morgan fingerprint density at radius 2 is 2.06 bits per heavy atom. The van der Waals surface area contributed by atoms with E-state index in [0.29, 0.717) is 23.8 Å². The zero-order valence-corrected chi connectivity index (χ0v) is 10.8. The summed E-state index contributed by atoms with van der Waals surface area (Å²) in [4.78, 5) is 11.1. The molecule has 3 rings (SSSR count). The lowest BCUT2D eigenvalue weighted by Gasteiger charge is -2.63. The highest BCUT2D eigenvalue weighted by molar-refractivity contribution is 5.68. The van der Waals surface area contributed by atoms with Gasteiger partial charge in [0.2, 0.25) is 0 Å². The molecule has 3 saturated carbocycles. The molecule has 0 aromatic heterocycles. The molecule has 0 radical (unpaired) electrons. The van der Waals surface area contributed by atoms with Crippen LogP contribution < -0.4 is 5.73 Å². The fraction of sp³-hybridized carbons (Fsp3) is 0.929. The lowest BCUT2D eigenvalue weighted by molar-refractivity contribution is -0.172. The van der Waals surface area contributed by atoms with Gasteiger partial charge in [0.1, 0.15) is 0 Å². The van der Waals surface area contributed by atoms with E-state index < -0.39 is 5.97 Å². The predicted molar refractivity (Wildman–Crippen MR) is 65.3 cm³/mol. The van der Waals surface area contributed by atoms with Crippen molar-refractivity contribution in [3.8, 4) is 0 Å². The lowest BCUT2D eigenvalue weighted by Crippen LogP contribution is -2.62. The second-order valence-corrected chi connectivity index (χ2v) is 7.08. The minimum Gasteiger partial charge on any atom is -0.481 e. The standard InChI is InChI=1S/C14H23NO2/c1-13(2)8-3-4-9-12(13)10(5-8)14(9,7-15)6-11(16)17/h8-10,12H,3-7,15H2,1-2H3,(H,16,17)/t8-,9-,10+,12+,14+/m0/s1. The Kier molecular flexibility index (Phi) is 2.20. The van der Waals surface area contributed by atoms with Crippen molar-refractivity contribution in [1.82, 2.24) is 0 Å². The molecule has 5 atom stereocenters. The Balaban J connectivity index is 1.94. The average Bonchev–Trinajstić information content (AvgIpc) is 2.46. The molecule has 0 aromatic carbocycles. The van der Waals surface area contributed by atoms with E-state index in [1.54, 1.807) is 0 Å². The molecule has 3 nitrogen and oxygen atoms in total. The highest BCUT2D eigenvalue weighted by atomic mass is 16.4. The molecule has 2 bridgehead atoms. The van der Waals surface area contributed by atoms with Crippen molar-refractivity contribution in [2.45, 2.75) is 39.5 Å². The summed E-state index contributed by atoms with van der Waals surface area (Å²) in [5.41, 5.74) is 6.33. The van der Waals surface area contributed by atoms with Crippen molar-refractivity contribution in [2.75, 3.05) is 6.54 Å². The molecule has 0 heterocycles. The number of nitrogens with two attached hydrogens (primary N) is 1. The number of hydrogen-bond acceptors (Lipinski definition) is 2. The quantitative estimate of drug-likeness (QED) is 0.790. The maximum atomic E-state index is 11.1. The van der Waals surface area contributed by atoms with Gasteiger partial charge in [0, 0.05) is 0 Å². The Bertz CT molecular complexity index is 357. The van der Waals surface area contributed by atoms with Crippen molar-refractivity contribution >= 4 is 5.97 Å². The van der Waals surface area contributed by atoms with Crippen LogP contribution in [0.15, 0.2) is 0 Å². The monoisotopic (exact) mass is 237 g/mol. The second kappa shape index (κ2) is 3.25. The normalized spacial score (nSPS) is 49.8. The molecule has 0 saturated heterocycles. The topological polar surface area (TPSA) is 63.3 Å². The third-order valence-electron chi connectivity index (χ3n) is 6.48. The van der Waals surface area contributed by atoms with Gasteiger partial charge in [0.25, 0.3) is 0 Å². The summed E-state index contributed by atoms with van der Waals surface area (Å²) in [6.45, 7) is 5.33. The third kappa shape index (κ3) is 1.19. The van der Waals surface area contributed by atoms with Crippen molar-refractivity contribution in [3.63, 3.8) is 0 Å². The van der Waals surface area contributed by atoms with Crippen LogP contribution in [-0.4, -0.2) is 17.6 Å². The SMILES string of the molecule is CC1(C)[C@H]2CC[C@H]3[C@@H]1[C@@H](C2)[C@@]3(CN)CC(=O)O. The third-order valence-corrected chi connectivity index (χ3v) is 6.48. The molecule has 3 aliphatic carbocycles. The van der Waals surface area contributed by atoms with Gasteiger partial charge < -0.3 is 10.8 Å². The van der Waals surface area contributed by atoms with Gasteiger partial charge in [-0.05, 0) is 60.3 Å². The summed E-state index contributed by atoms with van der Waals surface area (Å²) in [6.07, 6.45) is 4.00. The van der Waals surface area contributed by atoms with Gasteiger partial charge in [0.15, 0.2) is 0 Å². The highest BCUT2D eigenvalue weighted by Crippen LogP contribution is 2.76. The number of hydrogen-bond donors (Lipinski definition) is 2. The Hall–Kier alpha value is -0.570. The fourth-order valence-electron chi connectivity index (χ4n) is 5.71. The van der Waals surface area contributed by atoms with E-state index in [9.17, 15) is 4.79 Å². The molecule has 3 aliphatic rings. The molecule has 3 heteroatoms. The van der Waals surface area contributed by atoms with Crippen LogP contribution in [0.25, 0.3) is 0 Å². The number of carboxylic acid groups (broad SMARTS) is 1. The molecular formula is C14H23NO2. The van der Waals surface area contributed by atoms with E-state index >= 15 is 0 Å². The smallest absolute Gasteiger partial charge is 0.303 e. The number of carbonyl (C=O) groups is 1. The van der Waals surface area contributed by atoms with Crippen molar-refractivity contribution < 1.29 is 9.90 Å². The summed E-state index contributed by atoms with van der Waals surface area (Å²) < 4.78 is 0. The number of carboxylic acids is 1. The minimum absolute atomic E-state index is 0.0704. The summed E-state index contributed by atoms with van der Waals surface area (Å²) in [7, 11) is 0. The van der Waals surface area contributed by atoms with Crippen molar-refractivity contribution in [2.24, 2.45) is 40.2 Å². The summed E-state index contributed by atoms with van der Waals surface area (Å²) in [6, 6.07) is 0. The zero-order chi connectivity index (χ0) is 12.4. The number of aliphatic carboxylic acids is 1. The molecule has 0 amide bonds. The minimum atomic E-state index is -0.665. The lowest BCUT2D eigenvalue weighted by atomic mass is 9.41. The van der Waals surface area contributed by atoms with E-state index in [1.807, 2.05) is 0 Å². The van der Waals surface area contributed by atoms with E-state index in [-0.39, 0.29) is 11.8 Å². The number of fused-ring (bicyclic) bond motifs is 1. The summed E-state index contributed by atoms with van der Waals surface area (Å²) in [5, 5.41) is 9.17. The zero-order valence-electron chi connectivity index (χ0n) is 10.8. The molecule has 0 aromatic rings. The van der Waals surface area contributed by atoms with Crippen LogP contribution in [0, 0.1) is 34.5 Å². The summed E-state index contributed by atoms with van der Waals surface area (Å²) >= 11 is 0. The first-order chi connectivity index (χ1) is 7.93. The van der Waals surface area contributed by atoms with Crippen LogP contribution in [0.2, 0.25) is 0 Å². The van der Waals surface area contributed by atoms with E-state index in [1.165, 1.54) is 19.3 Å². The maximum Gasteiger partial charge on any atom is 0.303 e. The molecule has 0 unspecified atom stereocenters. The highest BCUT2D eigenvalue weighted by Gasteiger charge is 2.71. The first-order valence-electron chi connectivity index (χ1n) is 6.85. The molecule has 96 valence electrons. The summed E-state index contributed by atoms with van der Waals surface area (Å²) in [5.74, 6) is 2.03. The van der Waals surface area contributed by atoms with Gasteiger partial charge in [-0.2, -0.15) is 0 Å². The molecule has 0 aliphatic heterocycles. The van der Waals surface area contributed by atoms with Gasteiger partial charge in [-0.15, -0.1) is 0 Å². The Labute approximate surface area is 103 Å². The van der Waals surface area contributed by atoms with Crippen LogP contribution in [0.4, 0.5) is 0 Å². The predicted octanol–water partition coefficient (Wildman–Crippen LogP) is 2.11. The van der Waals surface area contributed by atoms with Gasteiger partial charge in [-0.1, -0.05) is 13.8 Å². The van der Waals surface area contributed by atoms with Crippen molar-refractivity contribution in [1.29, 1.82) is 0 Å². The van der Waals surface area contributed by atoms with Crippen LogP contribution in [0.5, 0.6) is 0 Å². The van der Waals surface area contributed by atoms with Crippen LogP contribution in [-0.2, 0) is 4.79 Å². The van der Waals surface area contributed by atoms with Crippen LogP contribution in [0.1, 0.15) is 39.5 Å². The Morgan fingerprint density at radius 1 is 1.35 bits per heavy atom. The van der Waals surface area contributed by atoms with E-state index in [0.717, 1.165) is 11.8 Å². The van der Waals surface area contributed by atoms with E-state index in [4.69, 9.17) is 10.8 Å². The second-order valence-electron chi connectivity index (χ2n) is 7.08. The van der Waals surface area contributed by atoms with Gasteiger partial charge in [0.05, 0.1) is 6.42 Å². The molecular weight excluding hydrogens is 214 g/mol. The van der Waals surface area contributed by atoms with Gasteiger partial charge >= 0.3 is 5.97 Å². The van der Waals surface area contributed by atoms with Crippen LogP contribution >= 0.6 is 0 Å². The maximum absolute atomic E-state index is 11.1. The number of rotatable bonds is 3. The Morgan fingerprint density at radius 3 is 2.65 bits per heavy atom. The molecule has 17 heavy (non-hydrogen) atoms. The molecule has 3 fully saturated rings. The fourth-order valence-corrected chi connectivity index (χ4v) is 5.71. The van der Waals surface area contributed by atoms with Gasteiger partial charge in [-0.3, -0.25) is 4.79 Å².